The largest absolute Gasteiger partial charge is 0.308 e. The lowest BCUT2D eigenvalue weighted by molar-refractivity contribution is 0.614. The van der Waals surface area contributed by atoms with Crippen LogP contribution in [-0.2, 0) is 13.1 Å². The Balaban J connectivity index is 1.90. The molecule has 0 saturated heterocycles. The number of halogens is 2. The molecule has 0 saturated carbocycles. The molecule has 1 aromatic carbocycles. The van der Waals surface area contributed by atoms with Crippen LogP contribution in [-0.4, -0.2) is 0 Å². The van der Waals surface area contributed by atoms with E-state index in [4.69, 9.17) is 0 Å². The van der Waals surface area contributed by atoms with Gasteiger partial charge >= 0.3 is 0 Å². The summed E-state index contributed by atoms with van der Waals surface area (Å²) in [5.41, 5.74) is 2.30. The average Bonchev–Trinajstić information content (AvgIpc) is 2.63. The molecule has 1 nitrogen and oxygen atoms in total. The fourth-order valence-electron chi connectivity index (χ4n) is 1.72. The van der Waals surface area contributed by atoms with Gasteiger partial charge in [0.2, 0.25) is 0 Å². The van der Waals surface area contributed by atoms with Crippen LogP contribution in [0.15, 0.2) is 28.7 Å². The van der Waals surface area contributed by atoms with E-state index in [2.05, 4.69) is 41.2 Å². The third-order valence-corrected chi connectivity index (χ3v) is 4.63. The van der Waals surface area contributed by atoms with Crippen LogP contribution in [0, 0.1) is 19.7 Å². The Bertz CT molecular complexity index is 531. The predicted molar refractivity (Wildman–Crippen MR) is 78.4 cm³/mol. The fourth-order valence-corrected chi connectivity index (χ4v) is 2.99. The fraction of sp³-hybridized carbons (Fsp3) is 0.286. The Kier molecular flexibility index (Phi) is 4.54. The summed E-state index contributed by atoms with van der Waals surface area (Å²) in [6.07, 6.45) is 0. The van der Waals surface area contributed by atoms with E-state index in [0.29, 0.717) is 11.0 Å². The average molecular weight is 328 g/mol. The third kappa shape index (κ3) is 3.40. The van der Waals surface area contributed by atoms with Gasteiger partial charge in [0.15, 0.2) is 0 Å². The molecule has 0 fully saturated rings. The number of nitrogens with one attached hydrogen (secondary N) is 1. The van der Waals surface area contributed by atoms with E-state index in [9.17, 15) is 4.39 Å². The first-order valence-electron chi connectivity index (χ1n) is 5.77. The van der Waals surface area contributed by atoms with Crippen LogP contribution in [0.4, 0.5) is 4.39 Å². The molecule has 0 aliphatic rings. The van der Waals surface area contributed by atoms with Gasteiger partial charge in [-0.1, -0.05) is 6.07 Å². The van der Waals surface area contributed by atoms with Crippen LogP contribution in [0.5, 0.6) is 0 Å². The van der Waals surface area contributed by atoms with Gasteiger partial charge in [0.1, 0.15) is 5.82 Å². The van der Waals surface area contributed by atoms with E-state index in [-0.39, 0.29) is 5.82 Å². The van der Waals surface area contributed by atoms with Crippen molar-refractivity contribution in [3.63, 3.8) is 0 Å². The number of aryl methyl sites for hydroxylation is 2. The highest BCUT2D eigenvalue weighted by atomic mass is 79.9. The lowest BCUT2D eigenvalue weighted by atomic mass is 10.2. The molecular formula is C14H15BrFNS. The minimum atomic E-state index is -0.211. The molecular weight excluding hydrogens is 313 g/mol. The molecule has 0 aliphatic carbocycles. The number of thiophene rings is 1. The highest BCUT2D eigenvalue weighted by molar-refractivity contribution is 9.10. The molecule has 0 aliphatic heterocycles. The minimum Gasteiger partial charge on any atom is -0.308 e. The van der Waals surface area contributed by atoms with Crippen LogP contribution in [0.3, 0.4) is 0 Å². The summed E-state index contributed by atoms with van der Waals surface area (Å²) in [5.74, 6) is -0.211. The molecule has 1 heterocycles. The Morgan fingerprint density at radius 3 is 2.61 bits per heavy atom. The van der Waals surface area contributed by atoms with Crippen molar-refractivity contribution in [3.05, 3.63) is 55.4 Å². The first kappa shape index (κ1) is 13.7. The summed E-state index contributed by atoms with van der Waals surface area (Å²) in [6, 6.07) is 7.42. The predicted octanol–water partition coefficient (Wildman–Crippen LogP) is 4.56. The van der Waals surface area contributed by atoms with E-state index in [0.717, 1.165) is 12.1 Å². The maximum atomic E-state index is 13.3. The van der Waals surface area contributed by atoms with Gasteiger partial charge in [-0.05, 0) is 59.1 Å². The molecule has 1 N–H and O–H groups in total. The second kappa shape index (κ2) is 5.95. The number of hydrogen-bond donors (Lipinski definition) is 1. The van der Waals surface area contributed by atoms with E-state index in [1.807, 2.05) is 17.4 Å². The Morgan fingerprint density at radius 1 is 1.22 bits per heavy atom. The monoisotopic (exact) mass is 327 g/mol. The third-order valence-electron chi connectivity index (χ3n) is 2.83. The molecule has 0 spiro atoms. The highest BCUT2D eigenvalue weighted by Gasteiger charge is 2.03. The normalized spacial score (nSPS) is 10.9. The lowest BCUT2D eigenvalue weighted by Crippen LogP contribution is -2.11. The van der Waals surface area contributed by atoms with Gasteiger partial charge in [-0.3, -0.25) is 0 Å². The highest BCUT2D eigenvalue weighted by Crippen LogP contribution is 2.20. The summed E-state index contributed by atoms with van der Waals surface area (Å²) in [4.78, 5) is 2.68. The topological polar surface area (TPSA) is 12.0 Å². The Morgan fingerprint density at radius 2 is 2.00 bits per heavy atom. The molecule has 0 atom stereocenters. The SMILES string of the molecule is Cc1cc(CNCc2ccc(Br)c(F)c2)sc1C. The molecule has 0 unspecified atom stereocenters. The van der Waals surface area contributed by atoms with Gasteiger partial charge in [0.05, 0.1) is 4.47 Å². The van der Waals surface area contributed by atoms with Crippen molar-refractivity contribution >= 4 is 27.3 Å². The van der Waals surface area contributed by atoms with E-state index < -0.39 is 0 Å². The molecule has 0 amide bonds. The summed E-state index contributed by atoms with van der Waals surface area (Å²) in [5, 5.41) is 3.33. The second-order valence-electron chi connectivity index (χ2n) is 4.30. The maximum absolute atomic E-state index is 13.3. The number of rotatable bonds is 4. The van der Waals surface area contributed by atoms with Gasteiger partial charge in [-0.25, -0.2) is 4.39 Å². The quantitative estimate of drug-likeness (QED) is 0.868. The van der Waals surface area contributed by atoms with E-state index >= 15 is 0 Å². The lowest BCUT2D eigenvalue weighted by Gasteiger charge is -2.04. The van der Waals surface area contributed by atoms with Crippen LogP contribution in [0.2, 0.25) is 0 Å². The first-order chi connectivity index (χ1) is 8.56. The van der Waals surface area contributed by atoms with Crippen molar-refractivity contribution in [2.45, 2.75) is 26.9 Å². The molecule has 2 aromatic rings. The molecule has 4 heteroatoms. The van der Waals surface area contributed by atoms with Gasteiger partial charge in [0.25, 0.3) is 0 Å². The Labute approximate surface area is 119 Å². The second-order valence-corrected chi connectivity index (χ2v) is 6.50. The van der Waals surface area contributed by atoms with Gasteiger partial charge in [-0.2, -0.15) is 0 Å². The summed E-state index contributed by atoms with van der Waals surface area (Å²) in [6.45, 7) is 5.77. The van der Waals surface area contributed by atoms with E-state index in [1.54, 1.807) is 12.1 Å². The van der Waals surface area contributed by atoms with Crippen LogP contribution in [0.1, 0.15) is 20.9 Å². The van der Waals surface area contributed by atoms with Crippen LogP contribution >= 0.6 is 27.3 Å². The van der Waals surface area contributed by atoms with Crippen molar-refractivity contribution in [2.75, 3.05) is 0 Å². The van der Waals surface area contributed by atoms with Gasteiger partial charge < -0.3 is 5.32 Å². The van der Waals surface area contributed by atoms with Crippen molar-refractivity contribution in [1.29, 1.82) is 0 Å². The zero-order valence-electron chi connectivity index (χ0n) is 10.4. The zero-order chi connectivity index (χ0) is 13.1. The van der Waals surface area contributed by atoms with Crippen molar-refractivity contribution < 1.29 is 4.39 Å². The van der Waals surface area contributed by atoms with E-state index in [1.165, 1.54) is 15.3 Å². The Hall–Kier alpha value is -0.710. The standard InChI is InChI=1S/C14H15BrFNS/c1-9-5-12(18-10(9)2)8-17-7-11-3-4-13(15)14(16)6-11/h3-6,17H,7-8H2,1-2H3. The number of benzene rings is 1. The van der Waals surface area contributed by atoms with Gasteiger partial charge in [-0.15, -0.1) is 11.3 Å². The first-order valence-corrected chi connectivity index (χ1v) is 7.38. The maximum Gasteiger partial charge on any atom is 0.137 e. The molecule has 1 aromatic heterocycles. The summed E-state index contributed by atoms with van der Waals surface area (Å²) >= 11 is 4.96. The molecule has 0 bridgehead atoms. The molecule has 96 valence electrons. The minimum absolute atomic E-state index is 0.211. The van der Waals surface area contributed by atoms with Gasteiger partial charge in [0, 0.05) is 22.8 Å². The summed E-state index contributed by atoms with van der Waals surface area (Å²) < 4.78 is 13.8. The zero-order valence-corrected chi connectivity index (χ0v) is 12.8. The number of hydrogen-bond acceptors (Lipinski definition) is 2. The van der Waals surface area contributed by atoms with Crippen molar-refractivity contribution in [2.24, 2.45) is 0 Å². The van der Waals surface area contributed by atoms with Crippen molar-refractivity contribution in [1.82, 2.24) is 5.32 Å². The molecule has 18 heavy (non-hydrogen) atoms. The smallest absolute Gasteiger partial charge is 0.137 e. The molecule has 0 radical (unpaired) electrons. The van der Waals surface area contributed by atoms with Crippen LogP contribution < -0.4 is 5.32 Å². The molecule has 2 rings (SSSR count). The van der Waals surface area contributed by atoms with Crippen LogP contribution in [0.25, 0.3) is 0 Å². The summed E-state index contributed by atoms with van der Waals surface area (Å²) in [7, 11) is 0. The van der Waals surface area contributed by atoms with Crippen molar-refractivity contribution in [3.8, 4) is 0 Å².